The molecule has 5 nitrogen and oxygen atoms in total. The predicted molar refractivity (Wildman–Crippen MR) is 96.2 cm³/mol. The van der Waals surface area contributed by atoms with E-state index < -0.39 is 0 Å². The van der Waals surface area contributed by atoms with Gasteiger partial charge in [0.25, 0.3) is 5.56 Å². The first-order valence-electron chi connectivity index (χ1n) is 7.30. The number of nitrogens with zero attached hydrogens (tertiary/aromatic N) is 1. The Morgan fingerprint density at radius 3 is 2.38 bits per heavy atom. The van der Waals surface area contributed by atoms with Gasteiger partial charge in [-0.05, 0) is 11.1 Å². The molecule has 0 bridgehead atoms. The molecule has 3 rings (SSSR count). The van der Waals surface area contributed by atoms with E-state index in [2.05, 4.69) is 9.97 Å². The molecular formula is C18H15N3O2S. The standard InChI is InChI=1S/C18H15N3O2S/c19-16-10-17(23)21-18(20-16)24-11-15(22)14-8-6-13(7-9-14)12-4-2-1-3-5-12/h1-10H,11H2,(H3,19,20,21,23). The van der Waals surface area contributed by atoms with Crippen molar-refractivity contribution in [3.05, 3.63) is 76.6 Å². The van der Waals surface area contributed by atoms with Gasteiger partial charge in [0.15, 0.2) is 10.9 Å². The molecule has 24 heavy (non-hydrogen) atoms. The van der Waals surface area contributed by atoms with E-state index in [-0.39, 0.29) is 22.9 Å². The lowest BCUT2D eigenvalue weighted by atomic mass is 10.0. The first-order valence-corrected chi connectivity index (χ1v) is 8.29. The fourth-order valence-corrected chi connectivity index (χ4v) is 3.00. The fourth-order valence-electron chi connectivity index (χ4n) is 2.22. The van der Waals surface area contributed by atoms with E-state index in [1.165, 1.54) is 6.07 Å². The molecule has 0 spiro atoms. The third-order valence-corrected chi connectivity index (χ3v) is 4.27. The lowest BCUT2D eigenvalue weighted by molar-refractivity contribution is 0.102. The molecule has 0 aliphatic carbocycles. The van der Waals surface area contributed by atoms with Crippen molar-refractivity contribution in [2.24, 2.45) is 0 Å². The summed E-state index contributed by atoms with van der Waals surface area (Å²) in [6.07, 6.45) is 0. The van der Waals surface area contributed by atoms with Crippen molar-refractivity contribution in [2.75, 3.05) is 11.5 Å². The number of anilines is 1. The molecule has 0 saturated heterocycles. The van der Waals surface area contributed by atoms with Crippen LogP contribution in [0, 0.1) is 0 Å². The van der Waals surface area contributed by atoms with Gasteiger partial charge in [0, 0.05) is 11.6 Å². The van der Waals surface area contributed by atoms with Crippen molar-refractivity contribution < 1.29 is 4.79 Å². The SMILES string of the molecule is Nc1cc(=O)[nH]c(SCC(=O)c2ccc(-c3ccccc3)cc2)n1. The van der Waals surface area contributed by atoms with Gasteiger partial charge in [-0.15, -0.1) is 0 Å². The van der Waals surface area contributed by atoms with Crippen LogP contribution in [0.1, 0.15) is 10.4 Å². The second-order valence-electron chi connectivity index (χ2n) is 5.13. The number of nitrogens with one attached hydrogen (secondary N) is 1. The smallest absolute Gasteiger partial charge is 0.253 e. The normalized spacial score (nSPS) is 10.5. The summed E-state index contributed by atoms with van der Waals surface area (Å²) in [5.74, 6) is 0.280. The number of aromatic nitrogens is 2. The predicted octanol–water partition coefficient (Wildman–Crippen LogP) is 2.99. The van der Waals surface area contributed by atoms with Crippen LogP contribution in [0.4, 0.5) is 5.82 Å². The topological polar surface area (TPSA) is 88.8 Å². The molecule has 3 aromatic rings. The maximum absolute atomic E-state index is 12.3. The number of ketones is 1. The monoisotopic (exact) mass is 337 g/mol. The molecule has 120 valence electrons. The highest BCUT2D eigenvalue weighted by molar-refractivity contribution is 7.99. The zero-order chi connectivity index (χ0) is 16.9. The summed E-state index contributed by atoms with van der Waals surface area (Å²) in [5.41, 5.74) is 7.97. The summed E-state index contributed by atoms with van der Waals surface area (Å²) in [6, 6.07) is 18.6. The van der Waals surface area contributed by atoms with E-state index in [1.54, 1.807) is 12.1 Å². The largest absolute Gasteiger partial charge is 0.383 e. The third-order valence-electron chi connectivity index (χ3n) is 3.39. The van der Waals surface area contributed by atoms with E-state index >= 15 is 0 Å². The molecule has 2 aromatic carbocycles. The highest BCUT2D eigenvalue weighted by Crippen LogP contribution is 2.20. The van der Waals surface area contributed by atoms with Crippen LogP contribution in [0.3, 0.4) is 0 Å². The van der Waals surface area contributed by atoms with Gasteiger partial charge in [-0.25, -0.2) is 4.98 Å². The zero-order valence-electron chi connectivity index (χ0n) is 12.7. The molecule has 0 aliphatic rings. The number of aromatic amines is 1. The van der Waals surface area contributed by atoms with Crippen LogP contribution in [-0.2, 0) is 0 Å². The van der Waals surface area contributed by atoms with Gasteiger partial charge in [0.2, 0.25) is 0 Å². The second-order valence-corrected chi connectivity index (χ2v) is 6.09. The molecule has 3 N–H and O–H groups in total. The Hall–Kier alpha value is -2.86. The van der Waals surface area contributed by atoms with Crippen molar-refractivity contribution in [2.45, 2.75) is 5.16 Å². The van der Waals surface area contributed by atoms with Crippen LogP contribution in [0.25, 0.3) is 11.1 Å². The van der Waals surface area contributed by atoms with Crippen molar-refractivity contribution in [1.82, 2.24) is 9.97 Å². The molecule has 0 saturated carbocycles. The lowest BCUT2D eigenvalue weighted by Gasteiger charge is -2.04. The molecule has 0 amide bonds. The number of H-pyrrole nitrogens is 1. The summed E-state index contributed by atoms with van der Waals surface area (Å²) in [5, 5.41) is 0.342. The summed E-state index contributed by atoms with van der Waals surface area (Å²) in [6.45, 7) is 0. The maximum atomic E-state index is 12.3. The van der Waals surface area contributed by atoms with Crippen molar-refractivity contribution in [3.8, 4) is 11.1 Å². The average molecular weight is 337 g/mol. The summed E-state index contributed by atoms with van der Waals surface area (Å²) in [4.78, 5) is 30.1. The van der Waals surface area contributed by atoms with E-state index in [0.717, 1.165) is 22.9 Å². The average Bonchev–Trinajstić information content (AvgIpc) is 2.60. The quantitative estimate of drug-likeness (QED) is 0.424. The molecule has 6 heteroatoms. The molecule has 0 aliphatic heterocycles. The van der Waals surface area contributed by atoms with Crippen LogP contribution < -0.4 is 11.3 Å². The first kappa shape index (κ1) is 16.0. The minimum atomic E-state index is -0.329. The number of hydrogen-bond donors (Lipinski definition) is 2. The van der Waals surface area contributed by atoms with Crippen LogP contribution >= 0.6 is 11.8 Å². The Bertz CT molecular complexity index is 906. The molecule has 0 atom stereocenters. The number of carbonyl (C=O) groups excluding carboxylic acids is 1. The lowest BCUT2D eigenvalue weighted by Crippen LogP contribution is -2.10. The highest BCUT2D eigenvalue weighted by Gasteiger charge is 2.09. The van der Waals surface area contributed by atoms with Crippen molar-refractivity contribution >= 4 is 23.4 Å². The van der Waals surface area contributed by atoms with Crippen molar-refractivity contribution in [3.63, 3.8) is 0 Å². The van der Waals surface area contributed by atoms with Gasteiger partial charge in [0.1, 0.15) is 5.82 Å². The molecular weight excluding hydrogens is 322 g/mol. The Labute approximate surface area is 143 Å². The Morgan fingerprint density at radius 2 is 1.71 bits per heavy atom. The van der Waals surface area contributed by atoms with Crippen LogP contribution in [-0.4, -0.2) is 21.5 Å². The van der Waals surface area contributed by atoms with Crippen LogP contribution in [0.5, 0.6) is 0 Å². The second kappa shape index (κ2) is 7.14. The van der Waals surface area contributed by atoms with Gasteiger partial charge in [-0.1, -0.05) is 66.4 Å². The van der Waals surface area contributed by atoms with Gasteiger partial charge < -0.3 is 10.7 Å². The van der Waals surface area contributed by atoms with Gasteiger partial charge in [-0.2, -0.15) is 0 Å². The number of benzene rings is 2. The Morgan fingerprint density at radius 1 is 1.04 bits per heavy atom. The number of Topliss-reactive ketones (excluding diaryl/α,β-unsaturated/α-hetero) is 1. The molecule has 1 aromatic heterocycles. The first-order chi connectivity index (χ1) is 11.6. The van der Waals surface area contributed by atoms with E-state index in [1.807, 2.05) is 42.5 Å². The number of thioether (sulfide) groups is 1. The number of nitrogens with two attached hydrogens (primary N) is 1. The third kappa shape index (κ3) is 3.91. The number of carbonyl (C=O) groups is 1. The molecule has 1 heterocycles. The van der Waals surface area contributed by atoms with Gasteiger partial charge in [0.05, 0.1) is 5.75 Å². The van der Waals surface area contributed by atoms with E-state index in [9.17, 15) is 9.59 Å². The van der Waals surface area contributed by atoms with Crippen molar-refractivity contribution in [1.29, 1.82) is 0 Å². The minimum Gasteiger partial charge on any atom is -0.383 e. The molecule has 0 fully saturated rings. The van der Waals surface area contributed by atoms with Crippen LogP contribution in [0.15, 0.2) is 70.6 Å². The molecule has 0 radical (unpaired) electrons. The number of rotatable bonds is 5. The fraction of sp³-hybridized carbons (Fsp3) is 0.0556. The molecule has 0 unspecified atom stereocenters. The summed E-state index contributed by atoms with van der Waals surface area (Å²) in [7, 11) is 0. The van der Waals surface area contributed by atoms with E-state index in [0.29, 0.717) is 10.7 Å². The maximum Gasteiger partial charge on any atom is 0.253 e. The number of nitrogen functional groups attached to an aromatic ring is 1. The van der Waals surface area contributed by atoms with E-state index in [4.69, 9.17) is 5.73 Å². The van der Waals surface area contributed by atoms with Gasteiger partial charge in [-0.3, -0.25) is 9.59 Å². The summed E-state index contributed by atoms with van der Waals surface area (Å²) < 4.78 is 0. The van der Waals surface area contributed by atoms with Crippen LogP contribution in [0.2, 0.25) is 0 Å². The number of hydrogen-bond acceptors (Lipinski definition) is 5. The zero-order valence-corrected chi connectivity index (χ0v) is 13.5. The summed E-state index contributed by atoms with van der Waals surface area (Å²) >= 11 is 1.16. The van der Waals surface area contributed by atoms with Gasteiger partial charge >= 0.3 is 0 Å². The minimum absolute atomic E-state index is 0.0373. The Kier molecular flexibility index (Phi) is 4.77. The highest BCUT2D eigenvalue weighted by atomic mass is 32.2. The Balaban J connectivity index is 1.68.